The van der Waals surface area contributed by atoms with E-state index in [2.05, 4.69) is 20.5 Å². The summed E-state index contributed by atoms with van der Waals surface area (Å²) in [6, 6.07) is 5.16. The molecule has 0 radical (unpaired) electrons. The molecule has 1 aliphatic rings. The first-order chi connectivity index (χ1) is 15.1. The number of carbonyl (C=O) groups is 1. The molecule has 0 saturated heterocycles. The maximum absolute atomic E-state index is 13.9. The van der Waals surface area contributed by atoms with Gasteiger partial charge >= 0.3 is 12.1 Å². The van der Waals surface area contributed by atoms with Gasteiger partial charge in [-0.1, -0.05) is 23.2 Å². The number of hydrogen-bond donors (Lipinski definition) is 1. The van der Waals surface area contributed by atoms with Crippen molar-refractivity contribution < 1.29 is 22.7 Å². The van der Waals surface area contributed by atoms with Crippen molar-refractivity contribution in [1.82, 2.24) is 24.5 Å². The van der Waals surface area contributed by atoms with Crippen LogP contribution in [0, 0.1) is 6.92 Å². The summed E-state index contributed by atoms with van der Waals surface area (Å²) in [5, 5.41) is 11.0. The van der Waals surface area contributed by atoms with Crippen molar-refractivity contribution in [2.45, 2.75) is 26.1 Å². The number of halogens is 5. The highest BCUT2D eigenvalue weighted by Gasteiger charge is 2.48. The number of esters is 1. The number of rotatable bonds is 4. The first kappa shape index (κ1) is 22.2. The first-order valence-corrected chi connectivity index (χ1v) is 10.0. The predicted octanol–water partition coefficient (Wildman–Crippen LogP) is 4.47. The van der Waals surface area contributed by atoms with Gasteiger partial charge in [0, 0.05) is 10.6 Å². The predicted molar refractivity (Wildman–Crippen MR) is 110 cm³/mol. The highest BCUT2D eigenvalue weighted by atomic mass is 35.5. The van der Waals surface area contributed by atoms with E-state index >= 15 is 0 Å². The average Bonchev–Trinajstić information content (AvgIpc) is 3.31. The number of fused-ring (bicyclic) bond motifs is 1. The van der Waals surface area contributed by atoms with Crippen molar-refractivity contribution in [2.24, 2.45) is 0 Å². The smallest absolute Gasteiger partial charge is 0.431 e. The Kier molecular flexibility index (Phi) is 5.63. The van der Waals surface area contributed by atoms with E-state index in [0.29, 0.717) is 16.4 Å². The third kappa shape index (κ3) is 3.71. The molecule has 8 nitrogen and oxygen atoms in total. The number of ether oxygens (including phenoxy) is 1. The number of anilines is 1. The van der Waals surface area contributed by atoms with Crippen LogP contribution in [0.15, 0.2) is 41.9 Å². The Bertz CT molecular complexity index is 1220. The van der Waals surface area contributed by atoms with Crippen molar-refractivity contribution in [3.05, 3.63) is 63.3 Å². The van der Waals surface area contributed by atoms with Crippen LogP contribution in [0.2, 0.25) is 10.2 Å². The van der Waals surface area contributed by atoms with Gasteiger partial charge < -0.3 is 10.1 Å². The van der Waals surface area contributed by atoms with Crippen LogP contribution in [0.5, 0.6) is 0 Å². The molecule has 1 aromatic carbocycles. The van der Waals surface area contributed by atoms with Crippen LogP contribution in [0.4, 0.5) is 19.1 Å². The minimum Gasteiger partial charge on any atom is -0.463 e. The normalized spacial score (nSPS) is 16.0. The Morgan fingerprint density at radius 1 is 1.25 bits per heavy atom. The molecule has 0 fully saturated rings. The summed E-state index contributed by atoms with van der Waals surface area (Å²) >= 11 is 12.5. The lowest BCUT2D eigenvalue weighted by atomic mass is 9.95. The molecule has 2 aromatic heterocycles. The van der Waals surface area contributed by atoms with E-state index in [1.807, 2.05) is 0 Å². The summed E-state index contributed by atoms with van der Waals surface area (Å²) in [4.78, 5) is 16.6. The van der Waals surface area contributed by atoms with Crippen LogP contribution < -0.4 is 5.32 Å². The first-order valence-electron chi connectivity index (χ1n) is 9.29. The second-order valence-electron chi connectivity index (χ2n) is 6.74. The molecular weight excluding hydrogens is 472 g/mol. The summed E-state index contributed by atoms with van der Waals surface area (Å²) in [6.07, 6.45) is -3.83. The van der Waals surface area contributed by atoms with Gasteiger partial charge in [0.2, 0.25) is 5.95 Å². The molecule has 0 spiro atoms. The molecule has 0 unspecified atom stereocenters. The van der Waals surface area contributed by atoms with Crippen molar-refractivity contribution in [3.63, 3.8) is 0 Å². The van der Waals surface area contributed by atoms with Crippen LogP contribution in [0.3, 0.4) is 0 Å². The van der Waals surface area contributed by atoms with Crippen LogP contribution in [0.1, 0.15) is 24.2 Å². The Morgan fingerprint density at radius 2 is 1.94 bits per heavy atom. The third-order valence-corrected chi connectivity index (χ3v) is 5.38. The topological polar surface area (TPSA) is 86.9 Å². The van der Waals surface area contributed by atoms with E-state index in [9.17, 15) is 18.0 Å². The molecule has 1 aliphatic heterocycles. The summed E-state index contributed by atoms with van der Waals surface area (Å²) < 4.78 is 49.3. The molecule has 168 valence electrons. The lowest BCUT2D eigenvalue weighted by molar-refractivity contribution is -0.140. The lowest BCUT2D eigenvalue weighted by Gasteiger charge is -2.29. The van der Waals surface area contributed by atoms with Crippen molar-refractivity contribution in [3.8, 4) is 5.69 Å². The van der Waals surface area contributed by atoms with E-state index in [-0.39, 0.29) is 23.3 Å². The molecule has 0 aliphatic carbocycles. The Balaban J connectivity index is 1.97. The average molecular weight is 487 g/mol. The number of alkyl halides is 3. The van der Waals surface area contributed by atoms with Gasteiger partial charge in [0.1, 0.15) is 23.2 Å². The fraction of sp³-hybridized carbons (Fsp3) is 0.263. The second-order valence-corrected chi connectivity index (χ2v) is 7.54. The van der Waals surface area contributed by atoms with Crippen molar-refractivity contribution in [2.75, 3.05) is 11.9 Å². The zero-order valence-electron chi connectivity index (χ0n) is 16.6. The molecule has 13 heteroatoms. The van der Waals surface area contributed by atoms with Gasteiger partial charge in [-0.05, 0) is 38.1 Å². The Hall–Kier alpha value is -3.05. The summed E-state index contributed by atoms with van der Waals surface area (Å²) in [5.41, 5.74) is -1.02. The van der Waals surface area contributed by atoms with E-state index in [1.54, 1.807) is 31.2 Å². The number of carbonyl (C=O) groups excluding carboxylic acids is 1. The number of nitrogens with one attached hydrogen (secondary N) is 1. The van der Waals surface area contributed by atoms with Gasteiger partial charge in [-0.2, -0.15) is 28.4 Å². The largest absolute Gasteiger partial charge is 0.463 e. The van der Waals surface area contributed by atoms with E-state index in [1.165, 1.54) is 11.6 Å². The van der Waals surface area contributed by atoms with Crippen LogP contribution in [0.25, 0.3) is 5.69 Å². The summed E-state index contributed by atoms with van der Waals surface area (Å²) in [5.74, 6) is -1.36. The quantitative estimate of drug-likeness (QED) is 0.547. The maximum atomic E-state index is 13.9. The molecule has 1 N–H and O–H groups in total. The van der Waals surface area contributed by atoms with Gasteiger partial charge in [-0.3, -0.25) is 0 Å². The highest BCUT2D eigenvalue weighted by Crippen LogP contribution is 2.44. The standard InChI is InChI=1S/C19H15Cl2F3N6O2/c1-3-32-17(31)13-14(30-18(25-8-26-30)27-15(13)19(22,23)24)12-9(2)28-29(16(12)21)11-6-4-10(20)5-7-11/h4-8,14H,3H2,1-2H3,(H,25,26,27)/t14-/m0/s1. The second kappa shape index (κ2) is 8.14. The molecule has 32 heavy (non-hydrogen) atoms. The maximum Gasteiger partial charge on any atom is 0.431 e. The van der Waals surface area contributed by atoms with Crippen LogP contribution in [-0.2, 0) is 9.53 Å². The van der Waals surface area contributed by atoms with Gasteiger partial charge in [0.05, 0.1) is 23.6 Å². The van der Waals surface area contributed by atoms with E-state index < -0.39 is 29.5 Å². The molecule has 3 aromatic rings. The zero-order valence-corrected chi connectivity index (χ0v) is 18.1. The van der Waals surface area contributed by atoms with Crippen LogP contribution in [-0.4, -0.2) is 43.3 Å². The summed E-state index contributed by atoms with van der Waals surface area (Å²) in [7, 11) is 0. The lowest BCUT2D eigenvalue weighted by Crippen LogP contribution is -2.36. The van der Waals surface area contributed by atoms with Crippen molar-refractivity contribution >= 4 is 35.1 Å². The van der Waals surface area contributed by atoms with Gasteiger partial charge in [0.15, 0.2) is 0 Å². The van der Waals surface area contributed by atoms with Crippen molar-refractivity contribution in [1.29, 1.82) is 0 Å². The Labute approximate surface area is 189 Å². The SMILES string of the molecule is CCOC(=O)C1=C(C(F)(F)F)Nc2ncnn2[C@H]1c1c(C)nn(-c2ccc(Cl)cc2)c1Cl. The number of aromatic nitrogens is 5. The highest BCUT2D eigenvalue weighted by molar-refractivity contribution is 6.31. The third-order valence-electron chi connectivity index (χ3n) is 4.77. The molecule has 1 atom stereocenters. The number of aryl methyl sites for hydroxylation is 1. The molecule has 0 amide bonds. The molecule has 3 heterocycles. The number of hydrogen-bond acceptors (Lipinski definition) is 6. The van der Waals surface area contributed by atoms with Crippen LogP contribution >= 0.6 is 23.2 Å². The molecule has 0 bridgehead atoms. The van der Waals surface area contributed by atoms with E-state index in [0.717, 1.165) is 11.0 Å². The number of allylic oxidation sites excluding steroid dienone is 1. The fourth-order valence-corrected chi connectivity index (χ4v) is 3.96. The van der Waals surface area contributed by atoms with Gasteiger partial charge in [-0.15, -0.1) is 0 Å². The minimum atomic E-state index is -4.90. The number of nitrogens with zero attached hydrogens (tertiary/aromatic N) is 5. The van der Waals surface area contributed by atoms with Gasteiger partial charge in [-0.25, -0.2) is 14.2 Å². The Morgan fingerprint density at radius 3 is 2.56 bits per heavy atom. The number of benzene rings is 1. The van der Waals surface area contributed by atoms with Gasteiger partial charge in [0.25, 0.3) is 0 Å². The monoisotopic (exact) mass is 486 g/mol. The van der Waals surface area contributed by atoms with E-state index in [4.69, 9.17) is 27.9 Å². The molecule has 0 saturated carbocycles. The minimum absolute atomic E-state index is 0.00138. The molecular formula is C19H15Cl2F3N6O2. The fourth-order valence-electron chi connectivity index (χ4n) is 3.45. The summed E-state index contributed by atoms with van der Waals surface area (Å²) in [6.45, 7) is 2.94. The molecule has 4 rings (SSSR count). The zero-order chi connectivity index (χ0) is 23.2.